The number of quaternary nitrogens is 1. The number of hydrogen-bond donors (Lipinski definition) is 5. The van der Waals surface area contributed by atoms with Gasteiger partial charge in [-0.25, -0.2) is 9.59 Å². The smallest absolute Gasteiger partial charge is 0.343 e. The maximum absolute atomic E-state index is 12.8. The van der Waals surface area contributed by atoms with Gasteiger partial charge in [-0.3, -0.25) is 9.36 Å². The number of ketones is 1. The Bertz CT molecular complexity index is 799. The molecule has 0 rings (SSSR count). The van der Waals surface area contributed by atoms with E-state index in [-0.39, 0.29) is 52.8 Å². The fourth-order valence-corrected chi connectivity index (χ4v) is 6.11. The number of likely N-dealkylation sites (N-methyl/N-ethyl adjacent to an activating group) is 1. The van der Waals surface area contributed by atoms with Crippen molar-refractivity contribution >= 4 is 25.3 Å². The molecule has 0 spiro atoms. The van der Waals surface area contributed by atoms with Crippen LogP contribution in [0.4, 0.5) is 0 Å². The third kappa shape index (κ3) is 28.2. The number of carbonyl (C=O) groups excluding carboxylic acids is 3. The summed E-state index contributed by atoms with van der Waals surface area (Å²) >= 11 is 0. The van der Waals surface area contributed by atoms with Crippen molar-refractivity contribution in [1.29, 1.82) is 0 Å². The van der Waals surface area contributed by atoms with E-state index in [0.29, 0.717) is 17.4 Å². The number of rotatable bonds is 27. The maximum Gasteiger partial charge on any atom is 0.343 e. The number of hydrogen-bond acceptors (Lipinski definition) is 11. The molecule has 0 saturated heterocycles. The van der Waals surface area contributed by atoms with E-state index in [2.05, 4.69) is 16.6 Å². The summed E-state index contributed by atoms with van der Waals surface area (Å²) < 4.78 is 18.3. The molecule has 0 aliphatic heterocycles. The molecule has 280 valence electrons. The molecule has 0 amide bonds. The van der Waals surface area contributed by atoms with E-state index in [1.54, 1.807) is 0 Å². The fraction of sp³-hybridized carbons (Fsp3) is 0.900. The Balaban J connectivity index is -0.00000138. The van der Waals surface area contributed by atoms with E-state index in [0.717, 1.165) is 25.7 Å². The van der Waals surface area contributed by atoms with Crippen LogP contribution in [-0.2, 0) is 54.2 Å². The summed E-state index contributed by atoms with van der Waals surface area (Å²) in [6.07, 6.45) is 16.1. The minimum Gasteiger partial charge on any atom is -0.412 e. The Hall–Kier alpha value is -0.792. The predicted molar refractivity (Wildman–Crippen MR) is 173 cm³/mol. The number of carbonyl (C=O) groups is 3. The van der Waals surface area contributed by atoms with Crippen LogP contribution in [0.3, 0.4) is 0 Å². The van der Waals surface area contributed by atoms with E-state index in [1.807, 2.05) is 21.1 Å². The van der Waals surface area contributed by atoms with Crippen molar-refractivity contribution in [3.8, 4) is 0 Å². The second-order valence-electron chi connectivity index (χ2n) is 12.4. The van der Waals surface area contributed by atoms with Gasteiger partial charge in [0.2, 0.25) is 0 Å². The van der Waals surface area contributed by atoms with Crippen LogP contribution in [0.1, 0.15) is 116 Å². The van der Waals surface area contributed by atoms with Gasteiger partial charge in [-0.2, -0.15) is 11.8 Å². The minimum absolute atomic E-state index is 0. The molecular formula is C30H65N3O11PPt+. The predicted octanol–water partition coefficient (Wildman–Crippen LogP) is 3.08. The minimum atomic E-state index is -4.53. The van der Waals surface area contributed by atoms with Crippen molar-refractivity contribution in [2.45, 2.75) is 116 Å². The van der Waals surface area contributed by atoms with Crippen LogP contribution in [0.25, 0.3) is 0 Å². The summed E-state index contributed by atoms with van der Waals surface area (Å²) in [6.45, 7) is 2.26. The summed E-state index contributed by atoms with van der Waals surface area (Å²) in [5.74, 6) is 6.81. The molecule has 1 atom stereocenters. The van der Waals surface area contributed by atoms with Crippen LogP contribution < -0.4 is 11.8 Å². The molecule has 0 radical (unpaired) electrons. The monoisotopic (exact) mass is 869 g/mol. The van der Waals surface area contributed by atoms with Gasteiger partial charge < -0.3 is 39.3 Å². The molecule has 0 fully saturated rings. The van der Waals surface area contributed by atoms with Crippen molar-refractivity contribution in [3.05, 3.63) is 0 Å². The first-order valence-electron chi connectivity index (χ1n) is 16.1. The van der Waals surface area contributed by atoms with Gasteiger partial charge in [-0.05, 0) is 6.42 Å². The average molecular weight is 870 g/mol. The van der Waals surface area contributed by atoms with Crippen LogP contribution in [0.2, 0.25) is 0 Å². The molecule has 16 heteroatoms. The van der Waals surface area contributed by atoms with E-state index in [4.69, 9.17) is 26.5 Å². The van der Waals surface area contributed by atoms with E-state index in [1.165, 1.54) is 64.2 Å². The molecule has 1 unspecified atom stereocenters. The molecular weight excluding hydrogens is 804 g/mol. The largest absolute Gasteiger partial charge is 0.412 e. The van der Waals surface area contributed by atoms with Crippen molar-refractivity contribution in [2.75, 3.05) is 53.7 Å². The van der Waals surface area contributed by atoms with Crippen LogP contribution >= 0.6 is 7.60 Å². The Morgan fingerprint density at radius 2 is 1.11 bits per heavy atom. The number of aliphatic hydroxyl groups excluding tert-OH is 2. The molecule has 0 saturated carbocycles. The zero-order valence-electron chi connectivity index (χ0n) is 28.6. The molecule has 0 heterocycles. The molecule has 0 aliphatic rings. The maximum atomic E-state index is 12.8. The number of unbranched alkanes of at least 4 members (excludes halogenated alkanes) is 14. The van der Waals surface area contributed by atoms with Gasteiger partial charge in [0.05, 0.1) is 40.5 Å². The average Bonchev–Trinajstić information content (AvgIpc) is 2.96. The first-order valence-corrected chi connectivity index (χ1v) is 17.8. The number of nitrogens with zero attached hydrogens (tertiary/aromatic N) is 1. The van der Waals surface area contributed by atoms with E-state index < -0.39 is 43.3 Å². The normalized spacial score (nSPS) is 12.5. The number of Topliss-reactive ketones (excluding diaryl/α,β-unsaturated/α-hetero) is 1. The van der Waals surface area contributed by atoms with Crippen molar-refractivity contribution in [3.63, 3.8) is 0 Å². The van der Waals surface area contributed by atoms with Gasteiger partial charge >= 0.3 is 19.5 Å². The van der Waals surface area contributed by atoms with Crippen LogP contribution in [0.15, 0.2) is 0 Å². The molecule has 0 aromatic rings. The second kappa shape index (κ2) is 31.5. The zero-order chi connectivity index (χ0) is 33.9. The Morgan fingerprint density at radius 3 is 1.43 bits per heavy atom. The third-order valence-corrected chi connectivity index (χ3v) is 8.70. The summed E-state index contributed by atoms with van der Waals surface area (Å²) in [4.78, 5) is 56.7. The van der Waals surface area contributed by atoms with Gasteiger partial charge in [0, 0.05) is 33.9 Å². The van der Waals surface area contributed by atoms with Gasteiger partial charge in [0.1, 0.15) is 18.9 Å². The Morgan fingerprint density at radius 1 is 0.739 bits per heavy atom. The molecule has 14 nitrogen and oxygen atoms in total. The summed E-state index contributed by atoms with van der Waals surface area (Å²) in [7, 11) is 1.07. The molecule has 0 aromatic carbocycles. The SMILES string of the molecule is CCCCCCCCCCCCCCCCCC(=O)CC(CP(=O)(O)OCC[N+](C)(C)C)(C(=O)ON)C(=O)ON.O.OCCO.[Pt]. The van der Waals surface area contributed by atoms with E-state index >= 15 is 0 Å². The Labute approximate surface area is 290 Å². The molecule has 9 N–H and O–H groups in total. The standard InChI is InChI=1S/C28H56N3O8P.C2H6O2.H2O.Pt/c1-5-6-7-8-9-10-11-12-13-14-15-16-17-18-19-20-25(32)23-28(26(33)38-29,27(34)39-30)24-40(35,36)37-22-21-31(2,3)4;3-1-2-4;;/h5-24,29-30H2,1-4H3;3-4H,1-2H2;1H2;/p+1. The number of nitrogens with two attached hydrogens (primary N) is 2. The number of aliphatic hydroxyl groups is 2. The van der Waals surface area contributed by atoms with Crippen molar-refractivity contribution < 1.29 is 79.3 Å². The van der Waals surface area contributed by atoms with E-state index in [9.17, 15) is 23.8 Å². The van der Waals surface area contributed by atoms with Gasteiger partial charge in [-0.15, -0.1) is 0 Å². The summed E-state index contributed by atoms with van der Waals surface area (Å²) in [5, 5.41) is 15.2. The summed E-state index contributed by atoms with van der Waals surface area (Å²) in [6, 6.07) is 0. The van der Waals surface area contributed by atoms with Gasteiger partial charge in [0.25, 0.3) is 0 Å². The van der Waals surface area contributed by atoms with Crippen molar-refractivity contribution in [2.24, 2.45) is 17.2 Å². The van der Waals surface area contributed by atoms with Crippen LogP contribution in [-0.4, -0.2) is 96.5 Å². The summed E-state index contributed by atoms with van der Waals surface area (Å²) in [5.41, 5.74) is -2.48. The van der Waals surface area contributed by atoms with Gasteiger partial charge in [0.15, 0.2) is 5.41 Å². The van der Waals surface area contributed by atoms with Crippen LogP contribution in [0.5, 0.6) is 0 Å². The molecule has 0 aromatic heterocycles. The molecule has 0 bridgehead atoms. The van der Waals surface area contributed by atoms with Crippen LogP contribution in [0, 0.1) is 5.41 Å². The van der Waals surface area contributed by atoms with Crippen molar-refractivity contribution in [1.82, 2.24) is 0 Å². The topological polar surface area (TPSA) is 240 Å². The Kier molecular flexibility index (Phi) is 35.6. The first-order chi connectivity index (χ1) is 20.7. The molecule has 0 aliphatic carbocycles. The zero-order valence-corrected chi connectivity index (χ0v) is 31.8. The molecule has 46 heavy (non-hydrogen) atoms. The third-order valence-electron chi connectivity index (χ3n) is 7.18. The second-order valence-corrected chi connectivity index (χ2v) is 14.2. The quantitative estimate of drug-likeness (QED) is 0.0263. The fourth-order valence-electron chi connectivity index (χ4n) is 4.60. The van der Waals surface area contributed by atoms with Gasteiger partial charge in [-0.1, -0.05) is 96.8 Å². The first kappa shape index (κ1) is 52.0.